The van der Waals surface area contributed by atoms with E-state index in [1.54, 1.807) is 21.2 Å². The van der Waals surface area contributed by atoms with Crippen LogP contribution in [0.15, 0.2) is 18.3 Å². The van der Waals surface area contributed by atoms with E-state index in [1.807, 2.05) is 6.07 Å². The maximum absolute atomic E-state index is 12.2. The Hall–Kier alpha value is -1.57. The molecule has 1 atom stereocenters. The first-order valence-electron chi connectivity index (χ1n) is 9.17. The molecule has 3 rings (SSSR count). The van der Waals surface area contributed by atoms with Gasteiger partial charge in [-0.05, 0) is 43.5 Å². The van der Waals surface area contributed by atoms with Gasteiger partial charge in [0.1, 0.15) is 5.75 Å². The Balaban J connectivity index is 1.85. The average Bonchev–Trinajstić information content (AvgIpc) is 3.03. The van der Waals surface area contributed by atoms with Gasteiger partial charge in [0.2, 0.25) is 10.0 Å². The van der Waals surface area contributed by atoms with Crippen molar-refractivity contribution in [1.82, 2.24) is 14.2 Å². The van der Waals surface area contributed by atoms with Crippen molar-refractivity contribution in [2.45, 2.75) is 32.2 Å². The molecule has 1 aromatic carbocycles. The van der Waals surface area contributed by atoms with E-state index in [1.165, 1.54) is 20.8 Å². The molecule has 144 valence electrons. The van der Waals surface area contributed by atoms with Crippen LogP contribution in [0.1, 0.15) is 24.5 Å². The molecular weight excluding hydrogens is 350 g/mol. The largest absolute Gasteiger partial charge is 0.496 e. The van der Waals surface area contributed by atoms with Crippen molar-refractivity contribution in [1.29, 1.82) is 0 Å². The average molecular weight is 380 g/mol. The van der Waals surface area contributed by atoms with Crippen LogP contribution in [-0.4, -0.2) is 68.7 Å². The van der Waals surface area contributed by atoms with Gasteiger partial charge in [0.15, 0.2) is 0 Å². The first-order chi connectivity index (χ1) is 12.4. The van der Waals surface area contributed by atoms with Crippen molar-refractivity contribution in [3.8, 4) is 5.75 Å². The SMILES string of the molecule is CCCN(CCS(=O)(=O)N(C)C)C1Cc2c[nH]c3ccc(OC)c(c23)C1. The number of nitrogens with zero attached hydrogens (tertiary/aromatic N) is 2. The zero-order valence-corrected chi connectivity index (χ0v) is 16.9. The molecule has 6 nitrogen and oxygen atoms in total. The molecule has 1 aliphatic rings. The van der Waals surface area contributed by atoms with Crippen LogP contribution in [0.25, 0.3) is 10.9 Å². The summed E-state index contributed by atoms with van der Waals surface area (Å²) in [5.41, 5.74) is 3.67. The van der Waals surface area contributed by atoms with Crippen LogP contribution in [0.2, 0.25) is 0 Å². The highest BCUT2D eigenvalue weighted by molar-refractivity contribution is 7.89. The van der Waals surface area contributed by atoms with Crippen LogP contribution in [0.4, 0.5) is 0 Å². The van der Waals surface area contributed by atoms with Crippen molar-refractivity contribution in [2.75, 3.05) is 40.0 Å². The first-order valence-corrected chi connectivity index (χ1v) is 10.8. The summed E-state index contributed by atoms with van der Waals surface area (Å²) in [7, 11) is 1.71. The van der Waals surface area contributed by atoms with Crippen LogP contribution in [-0.2, 0) is 22.9 Å². The molecule has 1 unspecified atom stereocenters. The minimum Gasteiger partial charge on any atom is -0.496 e. The molecule has 2 aromatic rings. The van der Waals surface area contributed by atoms with Crippen LogP contribution < -0.4 is 4.74 Å². The third-order valence-electron chi connectivity index (χ3n) is 5.33. The van der Waals surface area contributed by atoms with Crippen molar-refractivity contribution in [3.05, 3.63) is 29.5 Å². The number of ether oxygens (including phenoxy) is 1. The maximum Gasteiger partial charge on any atom is 0.214 e. The summed E-state index contributed by atoms with van der Waals surface area (Å²) in [5.74, 6) is 1.07. The summed E-state index contributed by atoms with van der Waals surface area (Å²) in [5, 5.41) is 1.28. The minimum absolute atomic E-state index is 0.151. The van der Waals surface area contributed by atoms with Crippen molar-refractivity contribution in [2.24, 2.45) is 0 Å². The lowest BCUT2D eigenvalue weighted by Crippen LogP contribution is -2.44. The van der Waals surface area contributed by atoms with Crippen LogP contribution in [0.3, 0.4) is 0 Å². The second kappa shape index (κ2) is 7.58. The Labute approximate surface area is 156 Å². The van der Waals surface area contributed by atoms with Crippen molar-refractivity contribution < 1.29 is 13.2 Å². The molecule has 1 heterocycles. The van der Waals surface area contributed by atoms with Gasteiger partial charge in [-0.1, -0.05) is 6.92 Å². The Bertz CT molecular complexity index is 874. The van der Waals surface area contributed by atoms with Crippen LogP contribution >= 0.6 is 0 Å². The van der Waals surface area contributed by atoms with Gasteiger partial charge in [-0.3, -0.25) is 4.90 Å². The standard InChI is InChI=1S/C19H29N3O3S/c1-5-8-22(9-10-26(23,24)21(2)3)15-11-14-13-20-17-6-7-18(25-4)16(12-15)19(14)17/h6-7,13,15,20H,5,8-12H2,1-4H3. The molecule has 0 amide bonds. The maximum atomic E-state index is 12.2. The summed E-state index contributed by atoms with van der Waals surface area (Å²) >= 11 is 0. The quantitative estimate of drug-likeness (QED) is 0.764. The second-order valence-electron chi connectivity index (χ2n) is 7.18. The van der Waals surface area contributed by atoms with Crippen LogP contribution in [0, 0.1) is 0 Å². The molecule has 1 aromatic heterocycles. The fourth-order valence-corrected chi connectivity index (χ4v) is 4.74. The number of rotatable bonds is 8. The highest BCUT2D eigenvalue weighted by Crippen LogP contribution is 2.37. The number of hydrogen-bond acceptors (Lipinski definition) is 4. The van der Waals surface area contributed by atoms with E-state index in [0.717, 1.165) is 37.1 Å². The summed E-state index contributed by atoms with van der Waals surface area (Å²) in [6.07, 6.45) is 4.90. The summed E-state index contributed by atoms with van der Waals surface area (Å²) in [6.45, 7) is 3.59. The van der Waals surface area contributed by atoms with Crippen LogP contribution in [0.5, 0.6) is 5.75 Å². The summed E-state index contributed by atoms with van der Waals surface area (Å²) in [4.78, 5) is 5.69. The first kappa shape index (κ1) is 19.2. The van der Waals surface area contributed by atoms with E-state index in [4.69, 9.17) is 4.74 Å². The van der Waals surface area contributed by atoms with Gasteiger partial charge in [-0.25, -0.2) is 12.7 Å². The Kier molecular flexibility index (Phi) is 5.60. The van der Waals surface area contributed by atoms with Gasteiger partial charge in [0.05, 0.1) is 12.9 Å². The molecule has 0 saturated heterocycles. The molecule has 0 fully saturated rings. The Morgan fingerprint density at radius 3 is 2.65 bits per heavy atom. The third-order valence-corrected chi connectivity index (χ3v) is 7.14. The van der Waals surface area contributed by atoms with Gasteiger partial charge in [0, 0.05) is 49.3 Å². The predicted molar refractivity (Wildman–Crippen MR) is 105 cm³/mol. The molecule has 0 aliphatic heterocycles. The van der Waals surface area contributed by atoms with E-state index >= 15 is 0 Å². The van der Waals surface area contributed by atoms with Gasteiger partial charge >= 0.3 is 0 Å². The number of sulfonamides is 1. The monoisotopic (exact) mass is 379 g/mol. The van der Waals surface area contributed by atoms with E-state index in [0.29, 0.717) is 6.54 Å². The van der Waals surface area contributed by atoms with E-state index in [-0.39, 0.29) is 11.8 Å². The molecule has 1 N–H and O–H groups in total. The molecule has 0 spiro atoms. The van der Waals surface area contributed by atoms with E-state index < -0.39 is 10.0 Å². The molecule has 0 radical (unpaired) electrons. The van der Waals surface area contributed by atoms with E-state index in [9.17, 15) is 8.42 Å². The smallest absolute Gasteiger partial charge is 0.214 e. The third kappa shape index (κ3) is 3.61. The topological polar surface area (TPSA) is 65.6 Å². The molecule has 0 saturated carbocycles. The summed E-state index contributed by atoms with van der Waals surface area (Å²) in [6, 6.07) is 4.37. The van der Waals surface area contributed by atoms with Crippen molar-refractivity contribution >= 4 is 20.9 Å². The van der Waals surface area contributed by atoms with Gasteiger partial charge < -0.3 is 9.72 Å². The number of aromatic nitrogens is 1. The molecular formula is C19H29N3O3S. The number of methoxy groups -OCH3 is 1. The lowest BCUT2D eigenvalue weighted by atomic mass is 9.87. The number of benzene rings is 1. The molecule has 26 heavy (non-hydrogen) atoms. The van der Waals surface area contributed by atoms with Gasteiger partial charge in [-0.2, -0.15) is 0 Å². The normalized spacial score (nSPS) is 17.4. The van der Waals surface area contributed by atoms with Crippen molar-refractivity contribution in [3.63, 3.8) is 0 Å². The minimum atomic E-state index is -3.19. The number of H-pyrrole nitrogens is 1. The van der Waals surface area contributed by atoms with Gasteiger partial charge in [0.25, 0.3) is 0 Å². The highest BCUT2D eigenvalue weighted by atomic mass is 32.2. The second-order valence-corrected chi connectivity index (χ2v) is 9.48. The Morgan fingerprint density at radius 2 is 2.00 bits per heavy atom. The fraction of sp³-hybridized carbons (Fsp3) is 0.579. The molecule has 1 aliphatic carbocycles. The zero-order chi connectivity index (χ0) is 18.9. The number of nitrogens with one attached hydrogen (secondary N) is 1. The molecule has 0 bridgehead atoms. The highest BCUT2D eigenvalue weighted by Gasteiger charge is 2.29. The Morgan fingerprint density at radius 1 is 1.23 bits per heavy atom. The fourth-order valence-electron chi connectivity index (χ4n) is 3.91. The summed E-state index contributed by atoms with van der Waals surface area (Å²) < 4.78 is 31.3. The lowest BCUT2D eigenvalue weighted by molar-refractivity contribution is 0.201. The predicted octanol–water partition coefficient (Wildman–Crippen LogP) is 2.25. The molecule has 7 heteroatoms. The zero-order valence-electron chi connectivity index (χ0n) is 16.1. The van der Waals surface area contributed by atoms with E-state index in [2.05, 4.69) is 29.1 Å². The number of hydrogen-bond donors (Lipinski definition) is 1. The lowest BCUT2D eigenvalue weighted by Gasteiger charge is -2.34. The number of aromatic amines is 1. The van der Waals surface area contributed by atoms with Gasteiger partial charge in [-0.15, -0.1) is 0 Å².